The third-order valence-electron chi connectivity index (χ3n) is 3.09. The molecule has 0 aliphatic heterocycles. The normalized spacial score (nSPS) is 25.8. The number of benzene rings is 1. The summed E-state index contributed by atoms with van der Waals surface area (Å²) in [6.07, 6.45) is 4.34. The van der Waals surface area contributed by atoms with Crippen LogP contribution in [0.3, 0.4) is 0 Å². The minimum absolute atomic E-state index is 0.172. The second-order valence-electron chi connectivity index (χ2n) is 4.11. The Morgan fingerprint density at radius 3 is 2.80 bits per heavy atom. The lowest BCUT2D eigenvalue weighted by atomic mass is 9.97. The first-order chi connectivity index (χ1) is 7.18. The van der Waals surface area contributed by atoms with Gasteiger partial charge in [-0.1, -0.05) is 40.0 Å². The Morgan fingerprint density at radius 2 is 2.20 bits per heavy atom. The molecule has 15 heavy (non-hydrogen) atoms. The molecule has 2 rings (SSSR count). The van der Waals surface area contributed by atoms with E-state index in [9.17, 15) is 4.39 Å². The molecule has 0 spiro atoms. The molecule has 1 fully saturated rings. The van der Waals surface area contributed by atoms with Gasteiger partial charge in [0, 0.05) is 15.4 Å². The second kappa shape index (κ2) is 4.84. The first-order valence-corrected chi connectivity index (χ1v) is 6.55. The standard InChI is InChI=1S/C12H13BrClF/c13-10-4-1-3-8(10)7-9-11(14)5-2-6-12(9)15/h2,5-6,8,10H,1,3-4,7H2. The fraction of sp³-hybridized carbons (Fsp3) is 0.500. The van der Waals surface area contributed by atoms with Gasteiger partial charge in [0.1, 0.15) is 5.82 Å². The molecule has 0 bridgehead atoms. The molecule has 1 saturated carbocycles. The molecule has 0 saturated heterocycles. The fourth-order valence-corrected chi connectivity index (χ4v) is 3.23. The Labute approximate surface area is 103 Å². The smallest absolute Gasteiger partial charge is 0.127 e. The molecule has 0 heterocycles. The van der Waals surface area contributed by atoms with Gasteiger partial charge in [-0.2, -0.15) is 0 Å². The summed E-state index contributed by atoms with van der Waals surface area (Å²) in [6.45, 7) is 0. The second-order valence-corrected chi connectivity index (χ2v) is 5.69. The van der Waals surface area contributed by atoms with Gasteiger partial charge < -0.3 is 0 Å². The van der Waals surface area contributed by atoms with Crippen molar-refractivity contribution < 1.29 is 4.39 Å². The SMILES string of the molecule is Fc1cccc(Cl)c1CC1CCCC1Br. The van der Waals surface area contributed by atoms with Gasteiger partial charge in [-0.25, -0.2) is 4.39 Å². The van der Waals surface area contributed by atoms with E-state index in [0.29, 0.717) is 21.3 Å². The minimum Gasteiger partial charge on any atom is -0.207 e. The molecule has 2 unspecified atom stereocenters. The van der Waals surface area contributed by atoms with Crippen LogP contribution in [-0.2, 0) is 6.42 Å². The zero-order chi connectivity index (χ0) is 10.8. The summed E-state index contributed by atoms with van der Waals surface area (Å²) in [7, 11) is 0. The summed E-state index contributed by atoms with van der Waals surface area (Å²) in [6, 6.07) is 4.90. The van der Waals surface area contributed by atoms with Gasteiger partial charge in [-0.15, -0.1) is 0 Å². The summed E-state index contributed by atoms with van der Waals surface area (Å²) >= 11 is 9.65. The summed E-state index contributed by atoms with van der Waals surface area (Å²) in [5.41, 5.74) is 0.676. The highest BCUT2D eigenvalue weighted by atomic mass is 79.9. The Bertz CT molecular complexity index is 333. The topological polar surface area (TPSA) is 0 Å². The highest BCUT2D eigenvalue weighted by Crippen LogP contribution is 2.35. The Hall–Kier alpha value is -0.0800. The quantitative estimate of drug-likeness (QED) is 0.699. The number of rotatable bonds is 2. The third-order valence-corrected chi connectivity index (χ3v) is 4.65. The molecule has 0 aromatic heterocycles. The zero-order valence-electron chi connectivity index (χ0n) is 8.35. The maximum Gasteiger partial charge on any atom is 0.127 e. The number of halogens is 3. The van der Waals surface area contributed by atoms with Crippen molar-refractivity contribution in [3.8, 4) is 0 Å². The van der Waals surface area contributed by atoms with Crippen LogP contribution in [0.1, 0.15) is 24.8 Å². The van der Waals surface area contributed by atoms with Gasteiger partial charge in [-0.3, -0.25) is 0 Å². The lowest BCUT2D eigenvalue weighted by Crippen LogP contribution is -2.11. The zero-order valence-corrected chi connectivity index (χ0v) is 10.7. The summed E-state index contributed by atoms with van der Waals surface area (Å²) < 4.78 is 13.5. The molecule has 1 aromatic rings. The van der Waals surface area contributed by atoms with Crippen LogP contribution in [0.5, 0.6) is 0 Å². The van der Waals surface area contributed by atoms with Crippen LogP contribution in [0.15, 0.2) is 18.2 Å². The van der Waals surface area contributed by atoms with E-state index in [2.05, 4.69) is 15.9 Å². The van der Waals surface area contributed by atoms with Crippen LogP contribution in [0.2, 0.25) is 5.02 Å². The van der Waals surface area contributed by atoms with Gasteiger partial charge in [-0.05, 0) is 37.3 Å². The Morgan fingerprint density at radius 1 is 1.40 bits per heavy atom. The van der Waals surface area contributed by atoms with E-state index in [-0.39, 0.29) is 5.82 Å². The van der Waals surface area contributed by atoms with E-state index in [4.69, 9.17) is 11.6 Å². The van der Waals surface area contributed by atoms with Crippen LogP contribution in [0.4, 0.5) is 4.39 Å². The summed E-state index contributed by atoms with van der Waals surface area (Å²) in [4.78, 5) is 0.521. The summed E-state index contributed by atoms with van der Waals surface area (Å²) in [5.74, 6) is 0.355. The van der Waals surface area contributed by atoms with Crippen molar-refractivity contribution >= 4 is 27.5 Å². The van der Waals surface area contributed by atoms with E-state index < -0.39 is 0 Å². The largest absolute Gasteiger partial charge is 0.207 e. The van der Waals surface area contributed by atoms with Crippen molar-refractivity contribution in [1.82, 2.24) is 0 Å². The molecule has 82 valence electrons. The maximum absolute atomic E-state index is 13.5. The maximum atomic E-state index is 13.5. The van der Waals surface area contributed by atoms with E-state index in [1.165, 1.54) is 25.3 Å². The van der Waals surface area contributed by atoms with Gasteiger partial charge in [0.05, 0.1) is 0 Å². The van der Waals surface area contributed by atoms with Gasteiger partial charge in [0.2, 0.25) is 0 Å². The Balaban J connectivity index is 2.16. The van der Waals surface area contributed by atoms with Crippen LogP contribution in [0, 0.1) is 11.7 Å². The molecular formula is C12H13BrClF. The average molecular weight is 292 g/mol. The Kier molecular flexibility index (Phi) is 3.68. The lowest BCUT2D eigenvalue weighted by Gasteiger charge is -2.15. The fourth-order valence-electron chi connectivity index (χ4n) is 2.21. The monoisotopic (exact) mass is 290 g/mol. The van der Waals surface area contributed by atoms with Crippen molar-refractivity contribution in [3.05, 3.63) is 34.6 Å². The summed E-state index contributed by atoms with van der Waals surface area (Å²) in [5, 5.41) is 0.557. The molecule has 1 aliphatic rings. The predicted octanol–water partition coefficient (Wildman–Crippen LogP) is 4.59. The first kappa shape index (κ1) is 11.4. The highest BCUT2D eigenvalue weighted by Gasteiger charge is 2.26. The number of alkyl halides is 1. The number of hydrogen-bond donors (Lipinski definition) is 0. The van der Waals surface area contributed by atoms with E-state index in [1.54, 1.807) is 12.1 Å². The molecule has 1 aromatic carbocycles. The molecule has 0 radical (unpaired) electrons. The van der Waals surface area contributed by atoms with E-state index in [1.807, 2.05) is 0 Å². The predicted molar refractivity (Wildman–Crippen MR) is 65.2 cm³/mol. The average Bonchev–Trinajstić information content (AvgIpc) is 2.58. The third kappa shape index (κ3) is 2.54. The van der Waals surface area contributed by atoms with Crippen molar-refractivity contribution in [1.29, 1.82) is 0 Å². The van der Waals surface area contributed by atoms with Gasteiger partial charge in [0.15, 0.2) is 0 Å². The highest BCUT2D eigenvalue weighted by molar-refractivity contribution is 9.09. The van der Waals surface area contributed by atoms with Crippen molar-refractivity contribution in [2.45, 2.75) is 30.5 Å². The lowest BCUT2D eigenvalue weighted by molar-refractivity contribution is 0.532. The number of hydrogen-bond acceptors (Lipinski definition) is 0. The van der Waals surface area contributed by atoms with Crippen molar-refractivity contribution in [3.63, 3.8) is 0 Å². The molecule has 0 N–H and O–H groups in total. The van der Waals surface area contributed by atoms with Crippen molar-refractivity contribution in [2.24, 2.45) is 5.92 Å². The minimum atomic E-state index is -0.172. The molecule has 3 heteroatoms. The van der Waals surface area contributed by atoms with Crippen LogP contribution < -0.4 is 0 Å². The van der Waals surface area contributed by atoms with Gasteiger partial charge >= 0.3 is 0 Å². The van der Waals surface area contributed by atoms with E-state index in [0.717, 1.165) is 6.42 Å². The first-order valence-electron chi connectivity index (χ1n) is 5.25. The molecule has 2 atom stereocenters. The van der Waals surface area contributed by atoms with Gasteiger partial charge in [0.25, 0.3) is 0 Å². The molecular weight excluding hydrogens is 278 g/mol. The van der Waals surface area contributed by atoms with Crippen LogP contribution in [0.25, 0.3) is 0 Å². The van der Waals surface area contributed by atoms with E-state index >= 15 is 0 Å². The van der Waals surface area contributed by atoms with Crippen molar-refractivity contribution in [2.75, 3.05) is 0 Å². The van der Waals surface area contributed by atoms with Crippen LogP contribution in [-0.4, -0.2) is 4.83 Å². The molecule has 0 nitrogen and oxygen atoms in total. The molecule has 0 amide bonds. The molecule has 1 aliphatic carbocycles. The van der Waals surface area contributed by atoms with Crippen LogP contribution >= 0.6 is 27.5 Å².